The smallest absolute Gasteiger partial charge is 0.253 e. The predicted octanol–water partition coefficient (Wildman–Crippen LogP) is 4.26. The van der Waals surface area contributed by atoms with Crippen LogP contribution in [0, 0.1) is 11.2 Å². The summed E-state index contributed by atoms with van der Waals surface area (Å²) in [5.41, 5.74) is 1.84. The summed E-state index contributed by atoms with van der Waals surface area (Å²) in [7, 11) is 0. The molecule has 0 unspecified atom stereocenters. The van der Waals surface area contributed by atoms with Crippen molar-refractivity contribution in [3.05, 3.63) is 103 Å². The van der Waals surface area contributed by atoms with Gasteiger partial charge in [0.2, 0.25) is 5.91 Å². The van der Waals surface area contributed by atoms with Gasteiger partial charge in [-0.15, -0.1) is 6.58 Å². The summed E-state index contributed by atoms with van der Waals surface area (Å²) in [6, 6.07) is 17.5. The van der Waals surface area contributed by atoms with Gasteiger partial charge in [-0.3, -0.25) is 14.6 Å². The van der Waals surface area contributed by atoms with Gasteiger partial charge in [-0.1, -0.05) is 48.5 Å². The fraction of sp³-hybridized carbons (Fsp3) is 0.222. The maximum atomic E-state index is 14.6. The number of hydrogen-bond donors (Lipinski definition) is 1. The van der Waals surface area contributed by atoms with E-state index in [1.807, 2.05) is 24.3 Å². The van der Waals surface area contributed by atoms with Gasteiger partial charge >= 0.3 is 0 Å². The Balaban J connectivity index is 1.67. The SMILES string of the molecule is C=CCNC(=O)[C@@]1(Cc2ccccc2-c2ccccc2F)CCN(C(=O)c2ccncc2)C1. The first-order valence-corrected chi connectivity index (χ1v) is 11.0. The van der Waals surface area contributed by atoms with Crippen molar-refractivity contribution in [3.63, 3.8) is 0 Å². The molecule has 2 amide bonds. The van der Waals surface area contributed by atoms with Gasteiger partial charge in [0, 0.05) is 43.2 Å². The molecule has 6 heteroatoms. The Morgan fingerprint density at radius 1 is 1.06 bits per heavy atom. The third-order valence-corrected chi connectivity index (χ3v) is 6.17. The van der Waals surface area contributed by atoms with Gasteiger partial charge in [0.15, 0.2) is 0 Å². The number of aromatic nitrogens is 1. The largest absolute Gasteiger partial charge is 0.352 e. The van der Waals surface area contributed by atoms with Crippen LogP contribution in [0.25, 0.3) is 11.1 Å². The van der Waals surface area contributed by atoms with Crippen LogP contribution < -0.4 is 5.32 Å². The van der Waals surface area contributed by atoms with Crippen LogP contribution in [0.15, 0.2) is 85.7 Å². The second kappa shape index (κ2) is 9.77. The number of carbonyl (C=O) groups is 2. The maximum Gasteiger partial charge on any atom is 0.253 e. The van der Waals surface area contributed by atoms with E-state index in [1.165, 1.54) is 6.07 Å². The molecule has 0 radical (unpaired) electrons. The molecule has 1 aliphatic heterocycles. The van der Waals surface area contributed by atoms with Gasteiger partial charge in [-0.25, -0.2) is 4.39 Å². The van der Waals surface area contributed by atoms with Crippen LogP contribution in [0.5, 0.6) is 0 Å². The lowest BCUT2D eigenvalue weighted by molar-refractivity contribution is -0.130. The molecular formula is C27H26FN3O2. The van der Waals surface area contributed by atoms with Crippen LogP contribution in [-0.2, 0) is 11.2 Å². The summed E-state index contributed by atoms with van der Waals surface area (Å²) in [4.78, 5) is 32.1. The van der Waals surface area contributed by atoms with Gasteiger partial charge in [-0.2, -0.15) is 0 Å². The second-order valence-electron chi connectivity index (χ2n) is 8.31. The van der Waals surface area contributed by atoms with Crippen LogP contribution in [-0.4, -0.2) is 41.3 Å². The Kier molecular flexibility index (Phi) is 6.63. The Morgan fingerprint density at radius 3 is 2.48 bits per heavy atom. The minimum atomic E-state index is -0.826. The van der Waals surface area contributed by atoms with Crippen LogP contribution in [0.2, 0.25) is 0 Å². The molecular weight excluding hydrogens is 417 g/mol. The molecule has 1 N–H and O–H groups in total. The number of hydrogen-bond acceptors (Lipinski definition) is 3. The van der Waals surface area contributed by atoms with E-state index in [0.29, 0.717) is 37.1 Å². The van der Waals surface area contributed by atoms with Crippen LogP contribution in [0.1, 0.15) is 22.3 Å². The van der Waals surface area contributed by atoms with Gasteiger partial charge in [0.1, 0.15) is 5.82 Å². The summed E-state index contributed by atoms with van der Waals surface area (Å²) in [6.07, 6.45) is 5.70. The van der Waals surface area contributed by atoms with Crippen molar-refractivity contribution in [1.82, 2.24) is 15.2 Å². The molecule has 1 fully saturated rings. The van der Waals surface area contributed by atoms with Crippen molar-refractivity contribution in [2.75, 3.05) is 19.6 Å². The normalized spacial score (nSPS) is 17.5. The number of nitrogens with one attached hydrogen (secondary N) is 1. The molecule has 0 saturated carbocycles. The molecule has 1 aliphatic rings. The molecule has 4 rings (SSSR count). The second-order valence-corrected chi connectivity index (χ2v) is 8.31. The van der Waals surface area contributed by atoms with E-state index in [1.54, 1.807) is 53.7 Å². The van der Waals surface area contributed by atoms with E-state index in [9.17, 15) is 14.0 Å². The summed E-state index contributed by atoms with van der Waals surface area (Å²) < 4.78 is 14.6. The predicted molar refractivity (Wildman–Crippen MR) is 126 cm³/mol. The molecule has 0 spiro atoms. The Labute approximate surface area is 193 Å². The topological polar surface area (TPSA) is 62.3 Å². The molecule has 5 nitrogen and oxygen atoms in total. The number of nitrogens with zero attached hydrogens (tertiary/aromatic N) is 2. The van der Waals surface area contributed by atoms with Crippen LogP contribution in [0.4, 0.5) is 4.39 Å². The molecule has 168 valence electrons. The molecule has 1 atom stereocenters. The lowest BCUT2D eigenvalue weighted by Gasteiger charge is -2.29. The highest BCUT2D eigenvalue weighted by Gasteiger charge is 2.46. The average Bonchev–Trinajstić information content (AvgIpc) is 3.28. The molecule has 33 heavy (non-hydrogen) atoms. The molecule has 0 aliphatic carbocycles. The fourth-order valence-electron chi connectivity index (χ4n) is 4.47. The Bertz CT molecular complexity index is 1160. The lowest BCUT2D eigenvalue weighted by atomic mass is 9.78. The quantitative estimate of drug-likeness (QED) is 0.555. The highest BCUT2D eigenvalue weighted by molar-refractivity contribution is 5.95. The van der Waals surface area contributed by atoms with E-state index >= 15 is 0 Å². The number of likely N-dealkylation sites (tertiary alicyclic amines) is 1. The maximum absolute atomic E-state index is 14.6. The highest BCUT2D eigenvalue weighted by atomic mass is 19.1. The molecule has 2 heterocycles. The monoisotopic (exact) mass is 443 g/mol. The Morgan fingerprint density at radius 2 is 1.76 bits per heavy atom. The van der Waals surface area contributed by atoms with Crippen molar-refractivity contribution in [2.24, 2.45) is 5.41 Å². The molecule has 1 aromatic heterocycles. The zero-order valence-corrected chi connectivity index (χ0v) is 18.3. The van der Waals surface area contributed by atoms with Crippen molar-refractivity contribution >= 4 is 11.8 Å². The minimum absolute atomic E-state index is 0.127. The average molecular weight is 444 g/mol. The zero-order valence-electron chi connectivity index (χ0n) is 18.3. The van der Waals surface area contributed by atoms with Gasteiger partial charge < -0.3 is 10.2 Å². The molecule has 2 aromatic carbocycles. The van der Waals surface area contributed by atoms with E-state index in [0.717, 1.165) is 11.1 Å². The fourth-order valence-corrected chi connectivity index (χ4v) is 4.47. The summed E-state index contributed by atoms with van der Waals surface area (Å²) in [5.74, 6) is -0.565. The van der Waals surface area contributed by atoms with Crippen molar-refractivity contribution in [3.8, 4) is 11.1 Å². The van der Waals surface area contributed by atoms with Crippen molar-refractivity contribution in [2.45, 2.75) is 12.8 Å². The van der Waals surface area contributed by atoms with E-state index in [4.69, 9.17) is 0 Å². The standard InChI is InChI=1S/C27H26FN3O2/c1-2-14-30-26(33)27(13-17-31(19-27)25(32)20-11-15-29-16-12-20)18-21-7-3-4-8-22(21)23-9-5-6-10-24(23)28/h2-12,15-16H,1,13-14,17-19H2,(H,30,33)/t27-/m1/s1. The first-order valence-electron chi connectivity index (χ1n) is 11.0. The third-order valence-electron chi connectivity index (χ3n) is 6.17. The van der Waals surface area contributed by atoms with E-state index < -0.39 is 5.41 Å². The summed E-state index contributed by atoms with van der Waals surface area (Å²) >= 11 is 0. The van der Waals surface area contributed by atoms with Crippen LogP contribution in [0.3, 0.4) is 0 Å². The van der Waals surface area contributed by atoms with Gasteiger partial charge in [0.25, 0.3) is 5.91 Å². The first-order chi connectivity index (χ1) is 16.0. The molecule has 1 saturated heterocycles. The third kappa shape index (κ3) is 4.70. The summed E-state index contributed by atoms with van der Waals surface area (Å²) in [6.45, 7) is 4.77. The number of carbonyl (C=O) groups excluding carboxylic acids is 2. The number of benzene rings is 2. The number of pyridine rings is 1. The first kappa shape index (κ1) is 22.4. The Hall–Kier alpha value is -3.80. The minimum Gasteiger partial charge on any atom is -0.352 e. The van der Waals surface area contributed by atoms with Crippen molar-refractivity contribution in [1.29, 1.82) is 0 Å². The molecule has 0 bridgehead atoms. The van der Waals surface area contributed by atoms with E-state index in [-0.39, 0.29) is 24.2 Å². The highest BCUT2D eigenvalue weighted by Crippen LogP contribution is 2.38. The zero-order chi connectivity index (χ0) is 23.3. The lowest BCUT2D eigenvalue weighted by Crippen LogP contribution is -2.45. The molecule has 3 aromatic rings. The van der Waals surface area contributed by atoms with Gasteiger partial charge in [-0.05, 0) is 42.2 Å². The number of amides is 2. The number of rotatable bonds is 7. The van der Waals surface area contributed by atoms with Crippen molar-refractivity contribution < 1.29 is 14.0 Å². The van der Waals surface area contributed by atoms with Gasteiger partial charge in [0.05, 0.1) is 5.41 Å². The number of halogens is 1. The van der Waals surface area contributed by atoms with E-state index in [2.05, 4.69) is 16.9 Å². The summed E-state index contributed by atoms with van der Waals surface area (Å²) in [5, 5.41) is 2.93. The van der Waals surface area contributed by atoms with Crippen LogP contribution >= 0.6 is 0 Å².